The molecule has 1 aromatic carbocycles. The van der Waals surface area contributed by atoms with Crippen LogP contribution in [0.1, 0.15) is 30.0 Å². The van der Waals surface area contributed by atoms with E-state index in [1.165, 1.54) is 28.0 Å². The molecule has 2 atom stereocenters. The Morgan fingerprint density at radius 3 is 2.57 bits per heavy atom. The van der Waals surface area contributed by atoms with E-state index < -0.39 is 0 Å². The van der Waals surface area contributed by atoms with Crippen LogP contribution < -0.4 is 5.32 Å². The highest BCUT2D eigenvalue weighted by Gasteiger charge is 2.39. The third-order valence-electron chi connectivity index (χ3n) is 4.30. The average Bonchev–Trinajstić information content (AvgIpc) is 2.98. The Morgan fingerprint density at radius 1 is 1.24 bits per heavy atom. The standard InChI is InChI=1S/C17H20N2OS/c1-9-5-11(3)13(6-10(9)2)15-8-21-17(18-15)19-16(20)14-7-12(14)4/h5-6,8,12,14H,7H2,1-4H3,(H,18,19,20)/t12-,14-/m1/s1. The van der Waals surface area contributed by atoms with E-state index >= 15 is 0 Å². The smallest absolute Gasteiger partial charge is 0.229 e. The summed E-state index contributed by atoms with van der Waals surface area (Å²) in [6, 6.07) is 4.36. The molecule has 110 valence electrons. The van der Waals surface area contributed by atoms with Gasteiger partial charge in [0, 0.05) is 16.9 Å². The molecule has 3 rings (SSSR count). The van der Waals surface area contributed by atoms with Crippen LogP contribution in [-0.4, -0.2) is 10.9 Å². The van der Waals surface area contributed by atoms with Crippen molar-refractivity contribution in [1.29, 1.82) is 0 Å². The van der Waals surface area contributed by atoms with Gasteiger partial charge >= 0.3 is 0 Å². The summed E-state index contributed by atoms with van der Waals surface area (Å²) in [5.74, 6) is 0.812. The fourth-order valence-electron chi connectivity index (χ4n) is 2.58. The first kappa shape index (κ1) is 14.3. The zero-order valence-corrected chi connectivity index (χ0v) is 13.7. The minimum atomic E-state index is 0.111. The molecule has 0 radical (unpaired) electrons. The van der Waals surface area contributed by atoms with Gasteiger partial charge in [-0.15, -0.1) is 11.3 Å². The molecule has 1 saturated carbocycles. The van der Waals surface area contributed by atoms with Crippen molar-refractivity contribution in [2.75, 3.05) is 5.32 Å². The molecule has 0 bridgehead atoms. The normalized spacial score (nSPS) is 20.4. The molecule has 1 fully saturated rings. The van der Waals surface area contributed by atoms with Gasteiger partial charge in [0.05, 0.1) is 5.69 Å². The van der Waals surface area contributed by atoms with Crippen molar-refractivity contribution in [3.05, 3.63) is 34.2 Å². The molecule has 0 spiro atoms. The molecule has 0 aliphatic heterocycles. The first-order valence-electron chi connectivity index (χ1n) is 7.30. The van der Waals surface area contributed by atoms with Crippen molar-refractivity contribution in [3.8, 4) is 11.3 Å². The Hall–Kier alpha value is -1.68. The molecule has 21 heavy (non-hydrogen) atoms. The van der Waals surface area contributed by atoms with Crippen molar-refractivity contribution in [1.82, 2.24) is 4.98 Å². The fraction of sp³-hybridized carbons (Fsp3) is 0.412. The molecule has 1 N–H and O–H groups in total. The minimum absolute atomic E-state index is 0.111. The maximum atomic E-state index is 12.0. The van der Waals surface area contributed by atoms with Gasteiger partial charge in [-0.2, -0.15) is 0 Å². The number of rotatable bonds is 3. The molecule has 1 heterocycles. The molecule has 1 amide bonds. The fourth-order valence-corrected chi connectivity index (χ4v) is 3.29. The Kier molecular flexibility index (Phi) is 3.57. The molecule has 4 heteroatoms. The van der Waals surface area contributed by atoms with Gasteiger partial charge in [0.15, 0.2) is 5.13 Å². The average molecular weight is 300 g/mol. The molecule has 1 aliphatic carbocycles. The van der Waals surface area contributed by atoms with Crippen LogP contribution in [0, 0.1) is 32.6 Å². The molecule has 0 unspecified atom stereocenters. The van der Waals surface area contributed by atoms with Crippen LogP contribution in [0.2, 0.25) is 0 Å². The predicted molar refractivity (Wildman–Crippen MR) is 87.7 cm³/mol. The van der Waals surface area contributed by atoms with E-state index in [2.05, 4.69) is 50.1 Å². The number of hydrogen-bond donors (Lipinski definition) is 1. The Labute approximate surface area is 129 Å². The van der Waals surface area contributed by atoms with Gasteiger partial charge in [0.25, 0.3) is 0 Å². The summed E-state index contributed by atoms with van der Waals surface area (Å²) in [4.78, 5) is 16.5. The van der Waals surface area contributed by atoms with Crippen LogP contribution in [0.3, 0.4) is 0 Å². The number of hydrogen-bond acceptors (Lipinski definition) is 3. The summed E-state index contributed by atoms with van der Waals surface area (Å²) < 4.78 is 0. The molecule has 0 saturated heterocycles. The molecular formula is C17H20N2OS. The van der Waals surface area contributed by atoms with Crippen LogP contribution >= 0.6 is 11.3 Å². The van der Waals surface area contributed by atoms with Crippen LogP contribution in [0.15, 0.2) is 17.5 Å². The second-order valence-corrected chi connectivity index (χ2v) is 6.96. The topological polar surface area (TPSA) is 42.0 Å². The van der Waals surface area contributed by atoms with Gasteiger partial charge in [0.2, 0.25) is 5.91 Å². The predicted octanol–water partition coefficient (Wildman–Crippen LogP) is 4.33. The summed E-state index contributed by atoms with van der Waals surface area (Å²) in [6.07, 6.45) is 1.00. The maximum absolute atomic E-state index is 12.0. The van der Waals surface area contributed by atoms with E-state index in [0.29, 0.717) is 11.0 Å². The largest absolute Gasteiger partial charge is 0.302 e. The molecule has 3 nitrogen and oxygen atoms in total. The lowest BCUT2D eigenvalue weighted by molar-refractivity contribution is -0.117. The second-order valence-electron chi connectivity index (χ2n) is 6.10. The molecule has 1 aromatic heterocycles. The number of benzene rings is 1. The number of aromatic nitrogens is 1. The van der Waals surface area contributed by atoms with Gasteiger partial charge < -0.3 is 5.32 Å². The van der Waals surface area contributed by atoms with Gasteiger partial charge in [-0.1, -0.05) is 13.0 Å². The lowest BCUT2D eigenvalue weighted by Crippen LogP contribution is -2.14. The van der Waals surface area contributed by atoms with Crippen molar-refractivity contribution in [2.24, 2.45) is 11.8 Å². The van der Waals surface area contributed by atoms with Crippen LogP contribution in [0.25, 0.3) is 11.3 Å². The SMILES string of the molecule is Cc1cc(C)c(-c2csc(NC(=O)[C@@H]3C[C@H]3C)n2)cc1C. The molecule has 1 aliphatic rings. The number of carbonyl (C=O) groups excluding carboxylic acids is 1. The maximum Gasteiger partial charge on any atom is 0.229 e. The van der Waals surface area contributed by atoms with Gasteiger partial charge in [-0.25, -0.2) is 4.98 Å². The summed E-state index contributed by atoms with van der Waals surface area (Å²) in [5.41, 5.74) is 5.87. The van der Waals surface area contributed by atoms with E-state index in [9.17, 15) is 4.79 Å². The molecule has 2 aromatic rings. The van der Waals surface area contributed by atoms with E-state index in [0.717, 1.165) is 17.7 Å². The number of carbonyl (C=O) groups is 1. The highest BCUT2D eigenvalue weighted by molar-refractivity contribution is 7.14. The summed E-state index contributed by atoms with van der Waals surface area (Å²) in [7, 11) is 0. The summed E-state index contributed by atoms with van der Waals surface area (Å²) in [5, 5.41) is 5.66. The van der Waals surface area contributed by atoms with Gasteiger partial charge in [-0.05, 0) is 55.9 Å². The highest BCUT2D eigenvalue weighted by Crippen LogP contribution is 2.39. The minimum Gasteiger partial charge on any atom is -0.302 e. The van der Waals surface area contributed by atoms with Crippen molar-refractivity contribution in [3.63, 3.8) is 0 Å². The number of thiazole rings is 1. The summed E-state index contributed by atoms with van der Waals surface area (Å²) >= 11 is 1.49. The van der Waals surface area contributed by atoms with Crippen molar-refractivity contribution >= 4 is 22.4 Å². The number of nitrogens with one attached hydrogen (secondary N) is 1. The Bertz CT molecular complexity index is 705. The number of nitrogens with zero attached hydrogens (tertiary/aromatic N) is 1. The quantitative estimate of drug-likeness (QED) is 0.916. The van der Waals surface area contributed by atoms with Gasteiger partial charge in [-0.3, -0.25) is 4.79 Å². The zero-order chi connectivity index (χ0) is 15.1. The highest BCUT2D eigenvalue weighted by atomic mass is 32.1. The van der Waals surface area contributed by atoms with Gasteiger partial charge in [0.1, 0.15) is 0 Å². The monoisotopic (exact) mass is 300 g/mol. The third kappa shape index (κ3) is 2.86. The first-order valence-corrected chi connectivity index (χ1v) is 8.18. The summed E-state index contributed by atoms with van der Waals surface area (Å²) in [6.45, 7) is 8.44. The van der Waals surface area contributed by atoms with Crippen molar-refractivity contribution in [2.45, 2.75) is 34.1 Å². The van der Waals surface area contributed by atoms with Crippen molar-refractivity contribution < 1.29 is 4.79 Å². The van der Waals surface area contributed by atoms with Crippen LogP contribution in [-0.2, 0) is 4.79 Å². The number of aryl methyl sites for hydroxylation is 3. The lowest BCUT2D eigenvalue weighted by atomic mass is 9.99. The number of anilines is 1. The van der Waals surface area contributed by atoms with E-state index in [1.54, 1.807) is 0 Å². The third-order valence-corrected chi connectivity index (χ3v) is 5.05. The first-order chi connectivity index (χ1) is 9.95. The lowest BCUT2D eigenvalue weighted by Gasteiger charge is -2.07. The van der Waals surface area contributed by atoms with Crippen LogP contribution in [0.4, 0.5) is 5.13 Å². The molecular weight excluding hydrogens is 280 g/mol. The number of amides is 1. The second kappa shape index (κ2) is 5.26. The van der Waals surface area contributed by atoms with E-state index in [4.69, 9.17) is 0 Å². The van der Waals surface area contributed by atoms with Crippen LogP contribution in [0.5, 0.6) is 0 Å². The zero-order valence-electron chi connectivity index (χ0n) is 12.9. The van der Waals surface area contributed by atoms with E-state index in [1.807, 2.05) is 5.38 Å². The Morgan fingerprint density at radius 2 is 1.90 bits per heavy atom. The Balaban J connectivity index is 1.81. The van der Waals surface area contributed by atoms with E-state index in [-0.39, 0.29) is 11.8 Å².